The zero-order valence-electron chi connectivity index (χ0n) is 8.95. The van der Waals surface area contributed by atoms with E-state index in [1.165, 1.54) is 7.11 Å². The topological polar surface area (TPSA) is 52.6 Å². The molecule has 0 radical (unpaired) electrons. The lowest BCUT2D eigenvalue weighted by Crippen LogP contribution is -2.51. The van der Waals surface area contributed by atoms with Crippen molar-refractivity contribution in [3.8, 4) is 0 Å². The third-order valence-corrected chi connectivity index (χ3v) is 3.55. The van der Waals surface area contributed by atoms with Crippen LogP contribution in [-0.2, 0) is 19.1 Å². The van der Waals surface area contributed by atoms with Crippen LogP contribution in [0.4, 0.5) is 0 Å². The number of hydrogen-bond donors (Lipinski definition) is 0. The van der Waals surface area contributed by atoms with Gasteiger partial charge in [-0.05, 0) is 31.6 Å². The molecule has 0 unspecified atom stereocenters. The third kappa shape index (κ3) is 1.91. The van der Waals surface area contributed by atoms with Crippen LogP contribution in [0.2, 0.25) is 0 Å². The molecule has 15 heavy (non-hydrogen) atoms. The van der Waals surface area contributed by atoms with Gasteiger partial charge in [0.2, 0.25) is 0 Å². The van der Waals surface area contributed by atoms with E-state index in [9.17, 15) is 9.59 Å². The van der Waals surface area contributed by atoms with Gasteiger partial charge in [-0.15, -0.1) is 0 Å². The van der Waals surface area contributed by atoms with Crippen LogP contribution in [0.3, 0.4) is 0 Å². The van der Waals surface area contributed by atoms with Crippen molar-refractivity contribution < 1.29 is 19.1 Å². The van der Waals surface area contributed by atoms with Crippen molar-refractivity contribution in [3.63, 3.8) is 0 Å². The summed E-state index contributed by atoms with van der Waals surface area (Å²) in [5, 5.41) is 0. The SMILES string of the molecule is COC(=O)CC(=O)C12CCC(CC1)CO2. The Balaban J connectivity index is 2.01. The first-order chi connectivity index (χ1) is 7.16. The van der Waals surface area contributed by atoms with E-state index >= 15 is 0 Å². The summed E-state index contributed by atoms with van der Waals surface area (Å²) in [6, 6.07) is 0. The Morgan fingerprint density at radius 2 is 2.07 bits per heavy atom. The fourth-order valence-corrected chi connectivity index (χ4v) is 2.46. The first-order valence-corrected chi connectivity index (χ1v) is 5.40. The zero-order chi connectivity index (χ0) is 10.9. The standard InChI is InChI=1S/C11H16O4/c1-14-10(13)6-9(12)11-4-2-8(3-5-11)7-15-11/h8H,2-7H2,1H3. The molecule has 2 heterocycles. The van der Waals surface area contributed by atoms with Gasteiger partial charge in [-0.3, -0.25) is 9.59 Å². The molecule has 2 bridgehead atoms. The number of carbonyl (C=O) groups is 2. The highest BCUT2D eigenvalue weighted by molar-refractivity contribution is 6.00. The van der Waals surface area contributed by atoms with Gasteiger partial charge in [-0.25, -0.2) is 0 Å². The molecule has 0 atom stereocenters. The van der Waals surface area contributed by atoms with Gasteiger partial charge >= 0.3 is 5.97 Å². The summed E-state index contributed by atoms with van der Waals surface area (Å²) in [5.41, 5.74) is -0.664. The molecule has 4 nitrogen and oxygen atoms in total. The van der Waals surface area contributed by atoms with E-state index in [-0.39, 0.29) is 12.2 Å². The maximum absolute atomic E-state index is 11.9. The summed E-state index contributed by atoms with van der Waals surface area (Å²) < 4.78 is 10.1. The largest absolute Gasteiger partial charge is 0.469 e. The van der Waals surface area contributed by atoms with E-state index in [0.29, 0.717) is 12.5 Å². The monoisotopic (exact) mass is 212 g/mol. The second-order valence-electron chi connectivity index (χ2n) is 4.42. The Morgan fingerprint density at radius 1 is 1.40 bits per heavy atom. The van der Waals surface area contributed by atoms with Crippen LogP contribution < -0.4 is 0 Å². The number of ketones is 1. The molecule has 0 aromatic carbocycles. The number of carbonyl (C=O) groups excluding carboxylic acids is 2. The number of rotatable bonds is 3. The molecule has 3 rings (SSSR count). The minimum atomic E-state index is -0.664. The zero-order valence-corrected chi connectivity index (χ0v) is 8.95. The minimum Gasteiger partial charge on any atom is -0.469 e. The van der Waals surface area contributed by atoms with Gasteiger partial charge in [-0.1, -0.05) is 0 Å². The molecule has 0 aromatic heterocycles. The summed E-state index contributed by atoms with van der Waals surface area (Å²) >= 11 is 0. The fraction of sp³-hybridized carbons (Fsp3) is 0.818. The van der Waals surface area contributed by atoms with E-state index < -0.39 is 11.6 Å². The van der Waals surface area contributed by atoms with E-state index in [1.54, 1.807) is 0 Å². The second-order valence-corrected chi connectivity index (χ2v) is 4.42. The quantitative estimate of drug-likeness (QED) is 0.519. The molecule has 4 heteroatoms. The van der Waals surface area contributed by atoms with Crippen molar-refractivity contribution in [3.05, 3.63) is 0 Å². The van der Waals surface area contributed by atoms with Crippen molar-refractivity contribution in [2.45, 2.75) is 37.7 Å². The number of methoxy groups -OCH3 is 1. The van der Waals surface area contributed by atoms with E-state index in [4.69, 9.17) is 4.74 Å². The molecule has 0 aromatic rings. The molecule has 3 aliphatic rings. The van der Waals surface area contributed by atoms with Crippen molar-refractivity contribution in [1.29, 1.82) is 0 Å². The molecular weight excluding hydrogens is 196 g/mol. The van der Waals surface area contributed by atoms with Crippen molar-refractivity contribution in [2.75, 3.05) is 13.7 Å². The molecule has 0 spiro atoms. The maximum Gasteiger partial charge on any atom is 0.313 e. The van der Waals surface area contributed by atoms with Crippen LogP contribution >= 0.6 is 0 Å². The van der Waals surface area contributed by atoms with Crippen LogP contribution in [-0.4, -0.2) is 31.1 Å². The van der Waals surface area contributed by atoms with Crippen molar-refractivity contribution >= 4 is 11.8 Å². The average molecular weight is 212 g/mol. The molecule has 2 saturated heterocycles. The molecular formula is C11H16O4. The summed E-state index contributed by atoms with van der Waals surface area (Å²) in [6.45, 7) is 0.674. The molecule has 0 amide bonds. The number of ether oxygens (including phenoxy) is 2. The molecule has 1 aliphatic carbocycles. The van der Waals surface area contributed by atoms with Gasteiger partial charge < -0.3 is 9.47 Å². The first kappa shape index (κ1) is 10.6. The van der Waals surface area contributed by atoms with Gasteiger partial charge in [0, 0.05) is 0 Å². The van der Waals surface area contributed by atoms with Crippen LogP contribution in [0.1, 0.15) is 32.1 Å². The summed E-state index contributed by atoms with van der Waals surface area (Å²) in [6.07, 6.45) is 3.49. The van der Waals surface area contributed by atoms with Gasteiger partial charge in [0.25, 0.3) is 0 Å². The summed E-state index contributed by atoms with van der Waals surface area (Å²) in [5.74, 6) is 0.0518. The minimum absolute atomic E-state index is 0.104. The molecule has 0 N–H and O–H groups in total. The third-order valence-electron chi connectivity index (χ3n) is 3.55. The predicted octanol–water partition coefficient (Wildman–Crippen LogP) is 1.08. The van der Waals surface area contributed by atoms with Gasteiger partial charge in [0.15, 0.2) is 5.78 Å². The van der Waals surface area contributed by atoms with Gasteiger partial charge in [0.05, 0.1) is 13.7 Å². The van der Waals surface area contributed by atoms with Crippen LogP contribution in [0, 0.1) is 5.92 Å². The van der Waals surface area contributed by atoms with Crippen LogP contribution in [0.5, 0.6) is 0 Å². The Kier molecular flexibility index (Phi) is 2.78. The highest BCUT2D eigenvalue weighted by Gasteiger charge is 2.47. The lowest BCUT2D eigenvalue weighted by atomic mass is 9.73. The Bertz CT molecular complexity index is 263. The predicted molar refractivity (Wildman–Crippen MR) is 52.3 cm³/mol. The Morgan fingerprint density at radius 3 is 2.53 bits per heavy atom. The highest BCUT2D eigenvalue weighted by atomic mass is 16.5. The van der Waals surface area contributed by atoms with E-state index in [0.717, 1.165) is 25.7 Å². The van der Waals surface area contributed by atoms with Gasteiger partial charge in [-0.2, -0.15) is 0 Å². The normalized spacial score (nSPS) is 33.8. The average Bonchev–Trinajstić information content (AvgIpc) is 2.31. The van der Waals surface area contributed by atoms with Crippen molar-refractivity contribution in [1.82, 2.24) is 0 Å². The lowest BCUT2D eigenvalue weighted by molar-refractivity contribution is -0.173. The number of fused-ring (bicyclic) bond motifs is 3. The number of hydrogen-bond acceptors (Lipinski definition) is 4. The van der Waals surface area contributed by atoms with E-state index in [1.807, 2.05) is 0 Å². The molecule has 2 aliphatic heterocycles. The molecule has 1 saturated carbocycles. The van der Waals surface area contributed by atoms with Crippen LogP contribution in [0.25, 0.3) is 0 Å². The Labute approximate surface area is 88.9 Å². The molecule has 3 fully saturated rings. The molecule has 84 valence electrons. The number of Topliss-reactive ketones (excluding diaryl/α,β-unsaturated/α-hetero) is 1. The van der Waals surface area contributed by atoms with Crippen LogP contribution in [0.15, 0.2) is 0 Å². The maximum atomic E-state index is 11.9. The summed E-state index contributed by atoms with van der Waals surface area (Å²) in [4.78, 5) is 23.0. The smallest absolute Gasteiger partial charge is 0.313 e. The lowest BCUT2D eigenvalue weighted by Gasteiger charge is -2.45. The van der Waals surface area contributed by atoms with E-state index in [2.05, 4.69) is 4.74 Å². The second kappa shape index (κ2) is 3.93. The Hall–Kier alpha value is -0.900. The number of esters is 1. The highest BCUT2D eigenvalue weighted by Crippen LogP contribution is 2.42. The fourth-order valence-electron chi connectivity index (χ4n) is 2.46. The first-order valence-electron chi connectivity index (χ1n) is 5.40. The van der Waals surface area contributed by atoms with Crippen molar-refractivity contribution in [2.24, 2.45) is 5.92 Å². The summed E-state index contributed by atoms with van der Waals surface area (Å²) in [7, 11) is 1.30. The van der Waals surface area contributed by atoms with Gasteiger partial charge in [0.1, 0.15) is 12.0 Å².